The van der Waals surface area contributed by atoms with Crippen molar-refractivity contribution in [1.82, 2.24) is 24.4 Å². The molecule has 8 heteroatoms. The number of likely N-dealkylation sites (N-methyl/N-ethyl adjacent to an activating group) is 1. The van der Waals surface area contributed by atoms with Gasteiger partial charge in [0, 0.05) is 13.6 Å². The maximum atomic E-state index is 12.6. The van der Waals surface area contributed by atoms with Crippen LogP contribution in [0.2, 0.25) is 0 Å². The summed E-state index contributed by atoms with van der Waals surface area (Å²) < 4.78 is 1.68. The number of hydrogen-bond acceptors (Lipinski definition) is 6. The van der Waals surface area contributed by atoms with Gasteiger partial charge in [0.2, 0.25) is 5.91 Å². The topological polar surface area (TPSA) is 110 Å². The van der Waals surface area contributed by atoms with Crippen LogP contribution in [0.4, 0.5) is 5.82 Å². The van der Waals surface area contributed by atoms with E-state index in [0.717, 1.165) is 19.3 Å². The minimum atomic E-state index is -0.728. The number of carbonyl (C=O) groups is 1. The largest absolute Gasteiger partial charge is 0.388 e. The van der Waals surface area contributed by atoms with Crippen molar-refractivity contribution < 1.29 is 9.90 Å². The Morgan fingerprint density at radius 1 is 1.50 bits per heavy atom. The summed E-state index contributed by atoms with van der Waals surface area (Å²) in [6, 6.07) is -0.479. The second-order valence-corrected chi connectivity index (χ2v) is 6.03. The van der Waals surface area contributed by atoms with Crippen LogP contribution in [0, 0.1) is 0 Å². The average molecular weight is 304 g/mol. The minimum absolute atomic E-state index is 0.100. The molecule has 1 unspecified atom stereocenters. The van der Waals surface area contributed by atoms with E-state index in [1.54, 1.807) is 29.8 Å². The third-order valence-corrected chi connectivity index (χ3v) is 4.35. The fraction of sp³-hybridized carbons (Fsp3) is 0.571. The van der Waals surface area contributed by atoms with Gasteiger partial charge in [-0.1, -0.05) is 0 Å². The number of amides is 1. The molecule has 0 aliphatic heterocycles. The Kier molecular flexibility index (Phi) is 3.48. The van der Waals surface area contributed by atoms with Gasteiger partial charge in [-0.15, -0.1) is 0 Å². The Hall–Kier alpha value is -2.22. The van der Waals surface area contributed by atoms with Crippen molar-refractivity contribution in [3.63, 3.8) is 0 Å². The molecule has 3 rings (SSSR count). The monoisotopic (exact) mass is 304 g/mol. The normalized spacial score (nSPS) is 18.0. The fourth-order valence-corrected chi connectivity index (χ4v) is 2.85. The molecule has 2 heterocycles. The van der Waals surface area contributed by atoms with Gasteiger partial charge in [0.1, 0.15) is 17.9 Å². The second kappa shape index (κ2) is 5.20. The molecule has 1 fully saturated rings. The van der Waals surface area contributed by atoms with Gasteiger partial charge in [-0.2, -0.15) is 0 Å². The highest BCUT2D eigenvalue weighted by molar-refractivity contribution is 5.85. The van der Waals surface area contributed by atoms with Gasteiger partial charge in [-0.05, 0) is 26.2 Å². The van der Waals surface area contributed by atoms with Crippen molar-refractivity contribution in [2.45, 2.75) is 37.8 Å². The first-order valence-corrected chi connectivity index (χ1v) is 7.32. The van der Waals surface area contributed by atoms with E-state index in [9.17, 15) is 9.90 Å². The third-order valence-electron chi connectivity index (χ3n) is 4.35. The zero-order valence-electron chi connectivity index (χ0n) is 12.7. The lowest BCUT2D eigenvalue weighted by Crippen LogP contribution is -2.49. The van der Waals surface area contributed by atoms with Crippen molar-refractivity contribution in [2.24, 2.45) is 0 Å². The van der Waals surface area contributed by atoms with Crippen LogP contribution in [0.3, 0.4) is 0 Å². The number of aliphatic hydroxyl groups is 1. The molecular formula is C14H20N6O2. The van der Waals surface area contributed by atoms with Crippen LogP contribution in [0.25, 0.3) is 11.2 Å². The van der Waals surface area contributed by atoms with Gasteiger partial charge in [0.25, 0.3) is 0 Å². The van der Waals surface area contributed by atoms with Crippen LogP contribution < -0.4 is 5.73 Å². The first-order chi connectivity index (χ1) is 10.4. The quantitative estimate of drug-likeness (QED) is 0.843. The van der Waals surface area contributed by atoms with Gasteiger partial charge in [-0.25, -0.2) is 15.0 Å². The van der Waals surface area contributed by atoms with Crippen LogP contribution in [0.15, 0.2) is 12.7 Å². The lowest BCUT2D eigenvalue weighted by molar-refractivity contribution is -0.139. The van der Waals surface area contributed by atoms with E-state index in [-0.39, 0.29) is 5.91 Å². The molecule has 0 spiro atoms. The number of hydrogen-bond donors (Lipinski definition) is 2. The van der Waals surface area contributed by atoms with Crippen molar-refractivity contribution in [3.8, 4) is 0 Å². The summed E-state index contributed by atoms with van der Waals surface area (Å²) >= 11 is 0. The molecule has 2 aromatic rings. The van der Waals surface area contributed by atoms with Crippen LogP contribution >= 0.6 is 0 Å². The summed E-state index contributed by atoms with van der Waals surface area (Å²) in [6.45, 7) is 2.13. The molecule has 1 aliphatic rings. The molecule has 0 radical (unpaired) electrons. The number of nitrogen functional groups attached to an aromatic ring is 1. The van der Waals surface area contributed by atoms with E-state index in [1.807, 2.05) is 0 Å². The summed E-state index contributed by atoms with van der Waals surface area (Å²) in [6.07, 6.45) is 5.40. The standard InChI is InChI=1S/C14H20N6O2/c1-9(13(21)19(2)6-14(22)4-3-5-14)20-8-18-10-11(15)16-7-17-12(10)20/h7-9,22H,3-6H2,1-2H3,(H2,15,16,17). The molecule has 1 amide bonds. The highest BCUT2D eigenvalue weighted by Gasteiger charge is 2.37. The number of fused-ring (bicyclic) bond motifs is 1. The molecule has 1 saturated carbocycles. The lowest BCUT2D eigenvalue weighted by atomic mass is 9.80. The van der Waals surface area contributed by atoms with Gasteiger partial charge >= 0.3 is 0 Å². The van der Waals surface area contributed by atoms with Crippen LogP contribution in [0.5, 0.6) is 0 Å². The van der Waals surface area contributed by atoms with E-state index in [2.05, 4.69) is 15.0 Å². The molecule has 1 aliphatic carbocycles. The predicted octanol–water partition coefficient (Wildman–Crippen LogP) is 0.343. The van der Waals surface area contributed by atoms with E-state index in [0.29, 0.717) is 23.5 Å². The van der Waals surface area contributed by atoms with Gasteiger partial charge in [0.15, 0.2) is 11.5 Å². The number of anilines is 1. The number of carbonyl (C=O) groups excluding carboxylic acids is 1. The first kappa shape index (κ1) is 14.7. The van der Waals surface area contributed by atoms with Crippen molar-refractivity contribution in [1.29, 1.82) is 0 Å². The molecule has 0 saturated heterocycles. The summed E-state index contributed by atoms with van der Waals surface area (Å²) in [5, 5.41) is 10.2. The molecule has 8 nitrogen and oxygen atoms in total. The Balaban J connectivity index is 1.81. The Bertz CT molecular complexity index is 708. The van der Waals surface area contributed by atoms with Crippen LogP contribution in [-0.2, 0) is 4.79 Å². The minimum Gasteiger partial charge on any atom is -0.388 e. The zero-order chi connectivity index (χ0) is 15.9. The van der Waals surface area contributed by atoms with Gasteiger partial charge in [0.05, 0.1) is 11.9 Å². The number of nitrogens with two attached hydrogens (primary N) is 1. The Morgan fingerprint density at radius 2 is 2.23 bits per heavy atom. The molecule has 0 aromatic carbocycles. The van der Waals surface area contributed by atoms with Gasteiger partial charge < -0.3 is 20.3 Å². The fourth-order valence-electron chi connectivity index (χ4n) is 2.85. The van der Waals surface area contributed by atoms with Gasteiger partial charge in [-0.3, -0.25) is 4.79 Å². The van der Waals surface area contributed by atoms with Crippen LogP contribution in [-0.4, -0.2) is 54.6 Å². The van der Waals surface area contributed by atoms with Crippen molar-refractivity contribution in [2.75, 3.05) is 19.3 Å². The summed E-state index contributed by atoms with van der Waals surface area (Å²) in [5.41, 5.74) is 6.05. The first-order valence-electron chi connectivity index (χ1n) is 7.32. The van der Waals surface area contributed by atoms with E-state index in [4.69, 9.17) is 5.73 Å². The highest BCUT2D eigenvalue weighted by atomic mass is 16.3. The zero-order valence-corrected chi connectivity index (χ0v) is 12.7. The van der Waals surface area contributed by atoms with E-state index >= 15 is 0 Å². The molecule has 118 valence electrons. The molecule has 3 N–H and O–H groups in total. The highest BCUT2D eigenvalue weighted by Crippen LogP contribution is 2.32. The SMILES string of the molecule is CC(C(=O)N(C)CC1(O)CCC1)n1cnc2c(N)ncnc21. The molecular weight excluding hydrogens is 284 g/mol. The predicted molar refractivity (Wildman–Crippen MR) is 80.9 cm³/mol. The van der Waals surface area contributed by atoms with Crippen molar-refractivity contribution in [3.05, 3.63) is 12.7 Å². The molecule has 0 bridgehead atoms. The maximum absolute atomic E-state index is 12.6. The summed E-state index contributed by atoms with van der Waals surface area (Å²) in [4.78, 5) is 26.4. The number of nitrogens with zero attached hydrogens (tertiary/aromatic N) is 5. The number of imidazole rings is 1. The second-order valence-electron chi connectivity index (χ2n) is 6.03. The smallest absolute Gasteiger partial charge is 0.245 e. The maximum Gasteiger partial charge on any atom is 0.245 e. The lowest BCUT2D eigenvalue weighted by Gasteiger charge is -2.40. The molecule has 1 atom stereocenters. The molecule has 2 aromatic heterocycles. The number of rotatable bonds is 4. The van der Waals surface area contributed by atoms with E-state index < -0.39 is 11.6 Å². The van der Waals surface area contributed by atoms with Crippen molar-refractivity contribution >= 4 is 22.9 Å². The summed E-state index contributed by atoms with van der Waals surface area (Å²) in [5.74, 6) is 0.192. The Morgan fingerprint density at radius 3 is 2.86 bits per heavy atom. The third kappa shape index (κ3) is 2.39. The summed E-state index contributed by atoms with van der Waals surface area (Å²) in [7, 11) is 1.71. The number of aromatic nitrogens is 4. The van der Waals surface area contributed by atoms with E-state index in [1.165, 1.54) is 6.33 Å². The Labute approximate surface area is 128 Å². The molecule has 22 heavy (non-hydrogen) atoms. The average Bonchev–Trinajstić information content (AvgIpc) is 2.89. The van der Waals surface area contributed by atoms with Crippen LogP contribution in [0.1, 0.15) is 32.2 Å².